The summed E-state index contributed by atoms with van der Waals surface area (Å²) in [5.74, 6) is 0.806. The van der Waals surface area contributed by atoms with Crippen LogP contribution in [0.3, 0.4) is 0 Å². The number of hydrogen-bond donors (Lipinski definition) is 1. The lowest BCUT2D eigenvalue weighted by molar-refractivity contribution is 0.125. The van der Waals surface area contributed by atoms with Crippen LogP contribution in [-0.2, 0) is 11.3 Å². The lowest BCUT2D eigenvalue weighted by Gasteiger charge is -2.26. The highest BCUT2D eigenvalue weighted by Gasteiger charge is 2.10. The molecule has 0 amide bonds. The van der Waals surface area contributed by atoms with Gasteiger partial charge in [-0.25, -0.2) is 0 Å². The quantitative estimate of drug-likeness (QED) is 0.755. The van der Waals surface area contributed by atoms with Gasteiger partial charge in [0.05, 0.1) is 13.7 Å². The van der Waals surface area contributed by atoms with Gasteiger partial charge in [0.25, 0.3) is 0 Å². The van der Waals surface area contributed by atoms with E-state index in [0.29, 0.717) is 6.04 Å². The number of rotatable bonds is 7. The number of hydrogen-bond acceptors (Lipinski definition) is 4. The molecule has 1 rings (SSSR count). The van der Waals surface area contributed by atoms with Gasteiger partial charge in [-0.3, -0.25) is 4.90 Å². The number of ether oxygens (including phenoxy) is 2. The third-order valence-corrected chi connectivity index (χ3v) is 2.92. The molecule has 4 nitrogen and oxygen atoms in total. The molecule has 0 atom stereocenters. The second kappa shape index (κ2) is 7.24. The van der Waals surface area contributed by atoms with E-state index in [2.05, 4.69) is 18.7 Å². The Balaban J connectivity index is 2.76. The van der Waals surface area contributed by atoms with Crippen molar-refractivity contribution in [2.24, 2.45) is 0 Å². The summed E-state index contributed by atoms with van der Waals surface area (Å²) >= 11 is 0. The van der Waals surface area contributed by atoms with Gasteiger partial charge < -0.3 is 15.2 Å². The summed E-state index contributed by atoms with van der Waals surface area (Å²) in [4.78, 5) is 2.34. The summed E-state index contributed by atoms with van der Waals surface area (Å²) in [6.45, 7) is 6.85. The van der Waals surface area contributed by atoms with Gasteiger partial charge in [0.15, 0.2) is 0 Å². The summed E-state index contributed by atoms with van der Waals surface area (Å²) in [5.41, 5.74) is 7.76. The standard InChI is InChI=1S/C14H24N2O2/c1-11(2)16(5-6-17-3)10-12-7-13(15)9-14(8-12)18-4/h7-9,11H,5-6,10,15H2,1-4H3. The van der Waals surface area contributed by atoms with E-state index < -0.39 is 0 Å². The van der Waals surface area contributed by atoms with Crippen LogP contribution in [0.2, 0.25) is 0 Å². The fraction of sp³-hybridized carbons (Fsp3) is 0.571. The van der Waals surface area contributed by atoms with E-state index in [1.807, 2.05) is 18.2 Å². The summed E-state index contributed by atoms with van der Waals surface area (Å²) < 4.78 is 10.4. The van der Waals surface area contributed by atoms with E-state index in [0.717, 1.165) is 36.7 Å². The topological polar surface area (TPSA) is 47.7 Å². The Bertz CT molecular complexity index is 367. The first-order chi connectivity index (χ1) is 8.56. The zero-order chi connectivity index (χ0) is 13.5. The van der Waals surface area contributed by atoms with Crippen molar-refractivity contribution in [2.75, 3.05) is 33.1 Å². The molecule has 0 aliphatic rings. The molecule has 0 unspecified atom stereocenters. The molecule has 0 spiro atoms. The van der Waals surface area contributed by atoms with Crippen LogP contribution >= 0.6 is 0 Å². The molecule has 0 saturated heterocycles. The summed E-state index contributed by atoms with van der Waals surface area (Å²) in [7, 11) is 3.38. The average Bonchev–Trinajstić information content (AvgIpc) is 2.33. The Kier molecular flexibility index (Phi) is 5.95. The molecule has 4 heteroatoms. The molecule has 1 aromatic carbocycles. The molecule has 0 saturated carbocycles. The van der Waals surface area contributed by atoms with Crippen LogP contribution in [0.4, 0.5) is 5.69 Å². The van der Waals surface area contributed by atoms with E-state index in [1.54, 1.807) is 14.2 Å². The number of methoxy groups -OCH3 is 2. The molecule has 0 aromatic heterocycles. The number of nitrogens with two attached hydrogens (primary N) is 1. The smallest absolute Gasteiger partial charge is 0.121 e. The van der Waals surface area contributed by atoms with Crippen molar-refractivity contribution in [1.82, 2.24) is 4.90 Å². The third-order valence-electron chi connectivity index (χ3n) is 2.92. The Morgan fingerprint density at radius 1 is 1.22 bits per heavy atom. The molecular formula is C14H24N2O2. The van der Waals surface area contributed by atoms with Crippen LogP contribution in [-0.4, -0.2) is 38.3 Å². The van der Waals surface area contributed by atoms with Gasteiger partial charge in [-0.05, 0) is 31.5 Å². The average molecular weight is 252 g/mol. The molecule has 0 heterocycles. The predicted octanol–water partition coefficient (Wildman–Crippen LogP) is 2.13. The lowest BCUT2D eigenvalue weighted by atomic mass is 10.1. The maximum absolute atomic E-state index is 5.86. The first-order valence-corrected chi connectivity index (χ1v) is 6.23. The van der Waals surface area contributed by atoms with Gasteiger partial charge in [-0.15, -0.1) is 0 Å². The molecule has 102 valence electrons. The number of anilines is 1. The molecule has 0 bridgehead atoms. The fourth-order valence-electron chi connectivity index (χ4n) is 1.86. The van der Waals surface area contributed by atoms with Crippen molar-refractivity contribution >= 4 is 5.69 Å². The zero-order valence-electron chi connectivity index (χ0n) is 11.8. The van der Waals surface area contributed by atoms with Crippen LogP contribution in [0.5, 0.6) is 5.75 Å². The lowest BCUT2D eigenvalue weighted by Crippen LogP contribution is -2.33. The van der Waals surface area contributed by atoms with Gasteiger partial charge in [0.1, 0.15) is 5.75 Å². The SMILES string of the molecule is COCCN(Cc1cc(N)cc(OC)c1)C(C)C. The van der Waals surface area contributed by atoms with Gasteiger partial charge in [-0.1, -0.05) is 0 Å². The van der Waals surface area contributed by atoms with E-state index in [1.165, 1.54) is 0 Å². The molecule has 0 fully saturated rings. The molecule has 2 N–H and O–H groups in total. The number of benzene rings is 1. The molecule has 0 radical (unpaired) electrons. The van der Waals surface area contributed by atoms with E-state index in [9.17, 15) is 0 Å². The van der Waals surface area contributed by atoms with E-state index in [4.69, 9.17) is 15.2 Å². The Hall–Kier alpha value is -1.26. The van der Waals surface area contributed by atoms with Gasteiger partial charge in [0, 0.05) is 38.0 Å². The van der Waals surface area contributed by atoms with Crippen molar-refractivity contribution < 1.29 is 9.47 Å². The Morgan fingerprint density at radius 3 is 2.50 bits per heavy atom. The van der Waals surface area contributed by atoms with Crippen LogP contribution < -0.4 is 10.5 Å². The largest absolute Gasteiger partial charge is 0.497 e. The second-order valence-electron chi connectivity index (χ2n) is 4.67. The minimum absolute atomic E-state index is 0.465. The Labute approximate surface area is 110 Å². The first-order valence-electron chi connectivity index (χ1n) is 6.23. The predicted molar refractivity (Wildman–Crippen MR) is 74.8 cm³/mol. The van der Waals surface area contributed by atoms with Crippen molar-refractivity contribution in [1.29, 1.82) is 0 Å². The second-order valence-corrected chi connectivity index (χ2v) is 4.67. The normalized spacial score (nSPS) is 11.2. The molecule has 1 aromatic rings. The zero-order valence-corrected chi connectivity index (χ0v) is 11.8. The fourth-order valence-corrected chi connectivity index (χ4v) is 1.86. The minimum Gasteiger partial charge on any atom is -0.497 e. The Morgan fingerprint density at radius 2 is 1.94 bits per heavy atom. The van der Waals surface area contributed by atoms with Crippen molar-refractivity contribution in [3.8, 4) is 5.75 Å². The highest BCUT2D eigenvalue weighted by Crippen LogP contribution is 2.20. The molecule has 0 aliphatic carbocycles. The van der Waals surface area contributed by atoms with Crippen LogP contribution in [0, 0.1) is 0 Å². The maximum atomic E-state index is 5.86. The maximum Gasteiger partial charge on any atom is 0.121 e. The van der Waals surface area contributed by atoms with Gasteiger partial charge >= 0.3 is 0 Å². The van der Waals surface area contributed by atoms with Gasteiger partial charge in [-0.2, -0.15) is 0 Å². The highest BCUT2D eigenvalue weighted by atomic mass is 16.5. The van der Waals surface area contributed by atoms with E-state index in [-0.39, 0.29) is 0 Å². The van der Waals surface area contributed by atoms with Crippen molar-refractivity contribution in [3.05, 3.63) is 23.8 Å². The van der Waals surface area contributed by atoms with Crippen molar-refractivity contribution in [2.45, 2.75) is 26.4 Å². The number of nitrogens with zero attached hydrogens (tertiary/aromatic N) is 1. The van der Waals surface area contributed by atoms with Crippen LogP contribution in [0.1, 0.15) is 19.4 Å². The summed E-state index contributed by atoms with van der Waals surface area (Å²) in [5, 5.41) is 0. The monoisotopic (exact) mass is 252 g/mol. The van der Waals surface area contributed by atoms with Crippen molar-refractivity contribution in [3.63, 3.8) is 0 Å². The first kappa shape index (κ1) is 14.8. The summed E-state index contributed by atoms with van der Waals surface area (Å²) in [6.07, 6.45) is 0. The molecule has 0 aliphatic heterocycles. The molecular weight excluding hydrogens is 228 g/mol. The van der Waals surface area contributed by atoms with Gasteiger partial charge in [0.2, 0.25) is 0 Å². The highest BCUT2D eigenvalue weighted by molar-refractivity contribution is 5.47. The molecule has 18 heavy (non-hydrogen) atoms. The van der Waals surface area contributed by atoms with Crippen LogP contribution in [0.25, 0.3) is 0 Å². The minimum atomic E-state index is 0.465. The van der Waals surface area contributed by atoms with Crippen LogP contribution in [0.15, 0.2) is 18.2 Å². The number of nitrogen functional groups attached to an aromatic ring is 1. The summed E-state index contributed by atoms with van der Waals surface area (Å²) in [6, 6.07) is 6.31. The third kappa shape index (κ3) is 4.55. The van der Waals surface area contributed by atoms with E-state index >= 15 is 0 Å².